The van der Waals surface area contributed by atoms with Gasteiger partial charge in [-0.2, -0.15) is 5.10 Å². The number of H-pyrrole nitrogens is 1. The third-order valence-electron chi connectivity index (χ3n) is 2.55. The van der Waals surface area contributed by atoms with Crippen molar-refractivity contribution in [1.29, 1.82) is 0 Å². The molecular weight excluding hydrogens is 214 g/mol. The standard InChI is InChI=1S/C12H11N5/c1-8-2-3-10-11(4-8)13-7-14-12(10)17-9-5-15-16-6-9/h2-7H,1H3,(H,15,16)(H,13,14,17). The van der Waals surface area contributed by atoms with Crippen LogP contribution in [0.15, 0.2) is 36.9 Å². The molecule has 0 saturated heterocycles. The van der Waals surface area contributed by atoms with E-state index in [1.54, 1.807) is 18.7 Å². The highest BCUT2D eigenvalue weighted by molar-refractivity contribution is 5.90. The Labute approximate surface area is 97.9 Å². The van der Waals surface area contributed by atoms with Crippen LogP contribution in [-0.4, -0.2) is 20.2 Å². The molecule has 2 aromatic heterocycles. The second kappa shape index (κ2) is 3.86. The molecule has 0 atom stereocenters. The summed E-state index contributed by atoms with van der Waals surface area (Å²) in [6.45, 7) is 2.05. The highest BCUT2D eigenvalue weighted by atomic mass is 15.1. The largest absolute Gasteiger partial charge is 0.337 e. The van der Waals surface area contributed by atoms with Crippen LogP contribution >= 0.6 is 0 Å². The monoisotopic (exact) mass is 225 g/mol. The molecule has 0 spiro atoms. The van der Waals surface area contributed by atoms with Crippen LogP contribution in [-0.2, 0) is 0 Å². The fraction of sp³-hybridized carbons (Fsp3) is 0.0833. The molecule has 0 amide bonds. The zero-order valence-corrected chi connectivity index (χ0v) is 9.31. The number of hydrogen-bond acceptors (Lipinski definition) is 4. The Bertz CT molecular complexity index is 645. The molecule has 0 unspecified atom stereocenters. The van der Waals surface area contributed by atoms with Gasteiger partial charge in [-0.3, -0.25) is 5.10 Å². The maximum atomic E-state index is 4.26. The fourth-order valence-electron chi connectivity index (χ4n) is 1.72. The Kier molecular flexibility index (Phi) is 2.22. The Morgan fingerprint density at radius 3 is 3.00 bits per heavy atom. The topological polar surface area (TPSA) is 66.5 Å². The molecule has 0 aliphatic carbocycles. The van der Waals surface area contributed by atoms with Crippen LogP contribution in [0.3, 0.4) is 0 Å². The summed E-state index contributed by atoms with van der Waals surface area (Å²) in [5.74, 6) is 0.788. The first-order chi connectivity index (χ1) is 8.33. The first-order valence-electron chi connectivity index (χ1n) is 5.30. The van der Waals surface area contributed by atoms with Crippen molar-refractivity contribution in [3.8, 4) is 0 Å². The summed E-state index contributed by atoms with van der Waals surface area (Å²) in [7, 11) is 0. The van der Waals surface area contributed by atoms with Crippen LogP contribution in [0.2, 0.25) is 0 Å². The van der Waals surface area contributed by atoms with Gasteiger partial charge in [0, 0.05) is 11.6 Å². The van der Waals surface area contributed by atoms with E-state index in [4.69, 9.17) is 0 Å². The van der Waals surface area contributed by atoms with E-state index in [1.165, 1.54) is 5.56 Å². The molecule has 3 rings (SSSR count). The van der Waals surface area contributed by atoms with Crippen LogP contribution in [0.5, 0.6) is 0 Å². The van der Waals surface area contributed by atoms with Gasteiger partial charge in [-0.25, -0.2) is 9.97 Å². The highest BCUT2D eigenvalue weighted by Gasteiger charge is 2.04. The van der Waals surface area contributed by atoms with Crippen molar-refractivity contribution in [2.45, 2.75) is 6.92 Å². The van der Waals surface area contributed by atoms with E-state index in [0.29, 0.717) is 0 Å². The average Bonchev–Trinajstić information content (AvgIpc) is 2.82. The van der Waals surface area contributed by atoms with Gasteiger partial charge in [0.1, 0.15) is 12.1 Å². The molecule has 0 saturated carbocycles. The molecule has 2 heterocycles. The van der Waals surface area contributed by atoms with E-state index in [-0.39, 0.29) is 0 Å². The molecule has 0 aliphatic rings. The third kappa shape index (κ3) is 1.82. The molecule has 5 heteroatoms. The Balaban J connectivity index is 2.10. The van der Waals surface area contributed by atoms with Crippen LogP contribution in [0.4, 0.5) is 11.5 Å². The molecule has 0 aliphatic heterocycles. The summed E-state index contributed by atoms with van der Waals surface area (Å²) >= 11 is 0. The number of aromatic amines is 1. The van der Waals surface area contributed by atoms with E-state index < -0.39 is 0 Å². The zero-order chi connectivity index (χ0) is 11.7. The van der Waals surface area contributed by atoms with Crippen LogP contribution in [0.25, 0.3) is 10.9 Å². The van der Waals surface area contributed by atoms with Crippen molar-refractivity contribution >= 4 is 22.4 Å². The lowest BCUT2D eigenvalue weighted by molar-refractivity contribution is 1.09. The van der Waals surface area contributed by atoms with Crippen molar-refractivity contribution in [1.82, 2.24) is 20.2 Å². The van der Waals surface area contributed by atoms with Crippen molar-refractivity contribution in [3.05, 3.63) is 42.5 Å². The lowest BCUT2D eigenvalue weighted by Crippen LogP contribution is -1.95. The number of nitrogens with one attached hydrogen (secondary N) is 2. The minimum absolute atomic E-state index is 0.788. The zero-order valence-electron chi connectivity index (χ0n) is 9.31. The molecule has 5 nitrogen and oxygen atoms in total. The van der Waals surface area contributed by atoms with E-state index in [0.717, 1.165) is 22.4 Å². The maximum absolute atomic E-state index is 4.26. The van der Waals surface area contributed by atoms with Gasteiger partial charge in [0.05, 0.1) is 17.4 Å². The summed E-state index contributed by atoms with van der Waals surface area (Å²) < 4.78 is 0. The van der Waals surface area contributed by atoms with E-state index in [9.17, 15) is 0 Å². The average molecular weight is 225 g/mol. The van der Waals surface area contributed by atoms with Gasteiger partial charge in [0.15, 0.2) is 0 Å². The number of benzene rings is 1. The van der Waals surface area contributed by atoms with Crippen LogP contribution in [0, 0.1) is 6.92 Å². The van der Waals surface area contributed by atoms with Gasteiger partial charge in [0.2, 0.25) is 0 Å². The third-order valence-corrected chi connectivity index (χ3v) is 2.55. The van der Waals surface area contributed by atoms with Crippen molar-refractivity contribution in [3.63, 3.8) is 0 Å². The SMILES string of the molecule is Cc1ccc2c(Nc3cn[nH]c3)ncnc2c1. The molecule has 1 aromatic carbocycles. The predicted octanol–water partition coefficient (Wildman–Crippen LogP) is 2.40. The van der Waals surface area contributed by atoms with E-state index in [2.05, 4.69) is 25.5 Å². The van der Waals surface area contributed by atoms with E-state index in [1.807, 2.05) is 25.1 Å². The lowest BCUT2D eigenvalue weighted by atomic mass is 10.1. The molecule has 17 heavy (non-hydrogen) atoms. The number of aryl methyl sites for hydroxylation is 1. The predicted molar refractivity (Wildman–Crippen MR) is 66.1 cm³/mol. The first kappa shape index (κ1) is 9.77. The lowest BCUT2D eigenvalue weighted by Gasteiger charge is -2.06. The smallest absolute Gasteiger partial charge is 0.141 e. The van der Waals surface area contributed by atoms with Gasteiger partial charge >= 0.3 is 0 Å². The van der Waals surface area contributed by atoms with Gasteiger partial charge in [-0.15, -0.1) is 0 Å². The number of hydrogen-bond donors (Lipinski definition) is 2. The summed E-state index contributed by atoms with van der Waals surface area (Å²) in [5.41, 5.74) is 3.00. The van der Waals surface area contributed by atoms with Gasteiger partial charge < -0.3 is 5.32 Å². The molecule has 3 aromatic rings. The number of aromatic nitrogens is 4. The summed E-state index contributed by atoms with van der Waals surface area (Å²) in [5, 5.41) is 10.8. The van der Waals surface area contributed by atoms with Crippen molar-refractivity contribution < 1.29 is 0 Å². The quantitative estimate of drug-likeness (QED) is 0.702. The minimum Gasteiger partial charge on any atom is -0.337 e. The summed E-state index contributed by atoms with van der Waals surface area (Å²) in [4.78, 5) is 8.50. The summed E-state index contributed by atoms with van der Waals surface area (Å²) in [6.07, 6.45) is 5.05. The van der Waals surface area contributed by atoms with Crippen LogP contribution < -0.4 is 5.32 Å². The number of fused-ring (bicyclic) bond motifs is 1. The molecular formula is C12H11N5. The van der Waals surface area contributed by atoms with Crippen LogP contribution in [0.1, 0.15) is 5.56 Å². The normalized spacial score (nSPS) is 10.6. The van der Waals surface area contributed by atoms with Crippen molar-refractivity contribution in [2.24, 2.45) is 0 Å². The molecule has 2 N–H and O–H groups in total. The molecule has 0 fully saturated rings. The van der Waals surface area contributed by atoms with Gasteiger partial charge in [0.25, 0.3) is 0 Å². The minimum atomic E-state index is 0.788. The molecule has 0 radical (unpaired) electrons. The fourth-order valence-corrected chi connectivity index (χ4v) is 1.72. The number of anilines is 2. The second-order valence-electron chi connectivity index (χ2n) is 3.85. The van der Waals surface area contributed by atoms with E-state index >= 15 is 0 Å². The second-order valence-corrected chi connectivity index (χ2v) is 3.85. The molecule has 84 valence electrons. The number of rotatable bonds is 2. The number of nitrogens with zero attached hydrogens (tertiary/aromatic N) is 3. The summed E-state index contributed by atoms with van der Waals surface area (Å²) in [6, 6.07) is 6.11. The van der Waals surface area contributed by atoms with Crippen molar-refractivity contribution in [2.75, 3.05) is 5.32 Å². The molecule has 0 bridgehead atoms. The first-order valence-corrected chi connectivity index (χ1v) is 5.30. The van der Waals surface area contributed by atoms with Gasteiger partial charge in [-0.05, 0) is 24.6 Å². The highest BCUT2D eigenvalue weighted by Crippen LogP contribution is 2.22. The maximum Gasteiger partial charge on any atom is 0.141 e. The Morgan fingerprint density at radius 2 is 2.18 bits per heavy atom. The Morgan fingerprint density at radius 1 is 1.24 bits per heavy atom. The van der Waals surface area contributed by atoms with Gasteiger partial charge in [-0.1, -0.05) is 6.07 Å². The Hall–Kier alpha value is -2.43.